The minimum absolute atomic E-state index is 0.00282. The molecule has 0 spiro atoms. The van der Waals surface area contributed by atoms with Gasteiger partial charge in [0.1, 0.15) is 0 Å². The molecule has 0 saturated heterocycles. The maximum atomic E-state index is 11.2. The van der Waals surface area contributed by atoms with Crippen molar-refractivity contribution < 1.29 is 0 Å². The van der Waals surface area contributed by atoms with Crippen LogP contribution in [-0.4, -0.2) is 12.1 Å². The lowest BCUT2D eigenvalue weighted by Crippen LogP contribution is -2.53. The van der Waals surface area contributed by atoms with Gasteiger partial charge >= 0.3 is 0 Å². The second kappa shape index (κ2) is 8.62. The third-order valence-electron chi connectivity index (χ3n) is 10.9. The van der Waals surface area contributed by atoms with Gasteiger partial charge in [0.15, 0.2) is 0 Å². The van der Waals surface area contributed by atoms with Crippen molar-refractivity contribution >= 4 is 0 Å². The van der Waals surface area contributed by atoms with Gasteiger partial charge in [0.2, 0.25) is 0 Å². The van der Waals surface area contributed by atoms with Crippen molar-refractivity contribution in [3.63, 3.8) is 0 Å². The SMILES string of the molecule is CC(C)C(CCCC1CCC2C3CCC4CC(N=O)CCC4(C)C3CCC12C)N=O. The Kier molecular flexibility index (Phi) is 6.43. The van der Waals surface area contributed by atoms with E-state index in [1.807, 2.05) is 0 Å². The molecule has 9 unspecified atom stereocenters. The smallest absolute Gasteiger partial charge is 0.0942 e. The molecular weight excluding hydrogens is 372 g/mol. The molecule has 0 aromatic carbocycles. The summed E-state index contributed by atoms with van der Waals surface area (Å²) in [5, 5.41) is 6.81. The summed E-state index contributed by atoms with van der Waals surface area (Å²) in [6.45, 7) is 9.43. The first-order valence-electron chi connectivity index (χ1n) is 13.0. The first-order chi connectivity index (χ1) is 14.3. The van der Waals surface area contributed by atoms with Crippen LogP contribution in [0.4, 0.5) is 0 Å². The van der Waals surface area contributed by atoms with Crippen molar-refractivity contribution in [2.45, 2.75) is 117 Å². The second-order valence-electron chi connectivity index (χ2n) is 12.4. The molecule has 4 heteroatoms. The van der Waals surface area contributed by atoms with Crippen LogP contribution in [0.25, 0.3) is 0 Å². The Bertz CT molecular complexity index is 637. The Morgan fingerprint density at radius 2 is 1.63 bits per heavy atom. The summed E-state index contributed by atoms with van der Waals surface area (Å²) in [6.07, 6.45) is 15.0. The van der Waals surface area contributed by atoms with E-state index in [-0.39, 0.29) is 12.1 Å². The van der Waals surface area contributed by atoms with Gasteiger partial charge in [-0.15, -0.1) is 0 Å². The van der Waals surface area contributed by atoms with Crippen molar-refractivity contribution in [3.8, 4) is 0 Å². The highest BCUT2D eigenvalue weighted by molar-refractivity contribution is 5.09. The topological polar surface area (TPSA) is 58.9 Å². The average Bonchev–Trinajstić information content (AvgIpc) is 3.06. The number of hydrogen-bond donors (Lipinski definition) is 0. The monoisotopic (exact) mass is 416 g/mol. The summed E-state index contributed by atoms with van der Waals surface area (Å²) in [5.74, 6) is 4.58. The molecule has 0 aromatic heterocycles. The largest absolute Gasteiger partial charge is 0.151 e. The molecule has 0 aromatic rings. The average molecular weight is 417 g/mol. The molecule has 4 saturated carbocycles. The number of fused-ring (bicyclic) bond motifs is 5. The molecule has 4 aliphatic carbocycles. The number of nitroso groups, excluding NO2 is 2. The summed E-state index contributed by atoms with van der Waals surface area (Å²) in [4.78, 5) is 22.3. The van der Waals surface area contributed by atoms with Gasteiger partial charge < -0.3 is 0 Å². The van der Waals surface area contributed by atoms with E-state index in [2.05, 4.69) is 38.0 Å². The fraction of sp³-hybridized carbons (Fsp3) is 1.00. The van der Waals surface area contributed by atoms with Gasteiger partial charge in [0.05, 0.1) is 12.1 Å². The van der Waals surface area contributed by atoms with E-state index in [0.717, 1.165) is 55.3 Å². The molecule has 4 rings (SSSR count). The van der Waals surface area contributed by atoms with Crippen molar-refractivity contribution in [2.24, 2.45) is 56.7 Å². The molecule has 4 nitrogen and oxygen atoms in total. The zero-order chi connectivity index (χ0) is 21.5. The molecule has 170 valence electrons. The number of nitrogens with zero attached hydrogens (tertiary/aromatic N) is 2. The van der Waals surface area contributed by atoms with Crippen LogP contribution in [0.2, 0.25) is 0 Å². The van der Waals surface area contributed by atoms with E-state index in [4.69, 9.17) is 0 Å². The van der Waals surface area contributed by atoms with Crippen LogP contribution in [0.1, 0.15) is 105 Å². The molecular formula is C26H44N2O2. The third-order valence-corrected chi connectivity index (χ3v) is 10.9. The lowest BCUT2D eigenvalue weighted by molar-refractivity contribution is -0.113. The third kappa shape index (κ3) is 3.68. The Morgan fingerprint density at radius 3 is 2.33 bits per heavy atom. The minimum atomic E-state index is -0.00282. The fourth-order valence-electron chi connectivity index (χ4n) is 9.00. The molecule has 0 amide bonds. The Hall–Kier alpha value is -0.800. The van der Waals surface area contributed by atoms with Crippen molar-refractivity contribution in [1.29, 1.82) is 0 Å². The minimum Gasteiger partial charge on any atom is -0.151 e. The van der Waals surface area contributed by atoms with Gasteiger partial charge in [-0.3, -0.25) is 0 Å². The Morgan fingerprint density at radius 1 is 0.900 bits per heavy atom. The van der Waals surface area contributed by atoms with Crippen LogP contribution >= 0.6 is 0 Å². The predicted molar refractivity (Wildman–Crippen MR) is 123 cm³/mol. The van der Waals surface area contributed by atoms with Crippen LogP contribution in [0.15, 0.2) is 10.4 Å². The van der Waals surface area contributed by atoms with Crippen LogP contribution < -0.4 is 0 Å². The highest BCUT2D eigenvalue weighted by Gasteiger charge is 2.59. The van der Waals surface area contributed by atoms with Gasteiger partial charge in [-0.25, -0.2) is 0 Å². The van der Waals surface area contributed by atoms with Gasteiger partial charge in [-0.1, -0.05) is 44.5 Å². The zero-order valence-corrected chi connectivity index (χ0v) is 19.8. The Labute approximate surface area is 183 Å². The van der Waals surface area contributed by atoms with Gasteiger partial charge in [-0.2, -0.15) is 9.81 Å². The van der Waals surface area contributed by atoms with E-state index >= 15 is 0 Å². The fourth-order valence-corrected chi connectivity index (χ4v) is 9.00. The van der Waals surface area contributed by atoms with E-state index in [1.54, 1.807) is 0 Å². The maximum absolute atomic E-state index is 11.2. The second-order valence-corrected chi connectivity index (χ2v) is 12.4. The van der Waals surface area contributed by atoms with Crippen molar-refractivity contribution in [1.82, 2.24) is 0 Å². The Balaban J connectivity index is 1.41. The summed E-state index contributed by atoms with van der Waals surface area (Å²) < 4.78 is 0. The highest BCUT2D eigenvalue weighted by atomic mass is 16.3. The quantitative estimate of drug-likeness (QED) is 0.398. The van der Waals surface area contributed by atoms with Crippen LogP contribution in [0.3, 0.4) is 0 Å². The normalized spacial score (nSPS) is 46.6. The maximum Gasteiger partial charge on any atom is 0.0942 e. The molecule has 4 aliphatic rings. The zero-order valence-electron chi connectivity index (χ0n) is 19.8. The summed E-state index contributed by atoms with van der Waals surface area (Å²) in [6, 6.07) is 0.0804. The molecule has 0 radical (unpaired) electrons. The molecule has 9 atom stereocenters. The van der Waals surface area contributed by atoms with E-state index in [0.29, 0.717) is 16.7 Å². The highest BCUT2D eigenvalue weighted by Crippen LogP contribution is 2.68. The van der Waals surface area contributed by atoms with Gasteiger partial charge in [0.25, 0.3) is 0 Å². The molecule has 0 aliphatic heterocycles. The summed E-state index contributed by atoms with van der Waals surface area (Å²) in [5.41, 5.74) is 0.956. The molecule has 0 bridgehead atoms. The van der Waals surface area contributed by atoms with E-state index in [9.17, 15) is 9.81 Å². The van der Waals surface area contributed by atoms with Crippen LogP contribution in [-0.2, 0) is 0 Å². The van der Waals surface area contributed by atoms with E-state index < -0.39 is 0 Å². The van der Waals surface area contributed by atoms with Crippen LogP contribution in [0.5, 0.6) is 0 Å². The summed E-state index contributed by atoms with van der Waals surface area (Å²) in [7, 11) is 0. The lowest BCUT2D eigenvalue weighted by Gasteiger charge is -2.61. The van der Waals surface area contributed by atoms with E-state index in [1.165, 1.54) is 51.4 Å². The first-order valence-corrected chi connectivity index (χ1v) is 13.0. The standard InChI is InChI=1S/C26H44N2O2/c1-17(2)24(28-30)7-5-6-18-9-11-22-21-10-8-19-16-20(27-29)12-14-26(19,4)23(21)13-15-25(18,22)3/h17-24H,5-16H2,1-4H3. The molecule has 30 heavy (non-hydrogen) atoms. The van der Waals surface area contributed by atoms with Gasteiger partial charge in [-0.05, 0) is 117 Å². The first kappa shape index (κ1) is 22.4. The molecule has 4 fully saturated rings. The van der Waals surface area contributed by atoms with Crippen molar-refractivity contribution in [3.05, 3.63) is 9.81 Å². The predicted octanol–water partition coefficient (Wildman–Crippen LogP) is 7.74. The van der Waals surface area contributed by atoms with Crippen molar-refractivity contribution in [2.75, 3.05) is 0 Å². The molecule has 0 heterocycles. The number of hydrogen-bond acceptors (Lipinski definition) is 4. The molecule has 0 N–H and O–H groups in total. The van der Waals surface area contributed by atoms with Gasteiger partial charge in [0, 0.05) is 0 Å². The number of rotatable bonds is 7. The van der Waals surface area contributed by atoms with Crippen LogP contribution in [0, 0.1) is 56.2 Å². The lowest BCUT2D eigenvalue weighted by atomic mass is 9.44. The summed E-state index contributed by atoms with van der Waals surface area (Å²) >= 11 is 0.